The zero-order chi connectivity index (χ0) is 16.2. The number of nitrogens with one attached hydrogen (secondary N) is 2. The van der Waals surface area contributed by atoms with Crippen molar-refractivity contribution in [3.05, 3.63) is 0 Å². The molecule has 0 saturated carbocycles. The van der Waals surface area contributed by atoms with Crippen molar-refractivity contribution in [2.24, 2.45) is 10.9 Å². The number of ether oxygens (including phenoxy) is 1. The molecule has 0 spiro atoms. The number of morpholine rings is 1. The van der Waals surface area contributed by atoms with Crippen LogP contribution in [0.2, 0.25) is 0 Å². The van der Waals surface area contributed by atoms with Crippen LogP contribution < -0.4 is 10.6 Å². The van der Waals surface area contributed by atoms with Crippen molar-refractivity contribution in [2.75, 3.05) is 46.4 Å². The largest absolute Gasteiger partial charge is 0.379 e. The van der Waals surface area contributed by atoms with Gasteiger partial charge in [0.05, 0.1) is 13.2 Å². The molecule has 0 radical (unpaired) electrons. The number of nitrogens with zero attached hydrogens (tertiary/aromatic N) is 2. The zero-order valence-corrected chi connectivity index (χ0v) is 17.8. The van der Waals surface area contributed by atoms with E-state index in [1.165, 1.54) is 25.7 Å². The summed E-state index contributed by atoms with van der Waals surface area (Å²) < 4.78 is 5.51. The van der Waals surface area contributed by atoms with E-state index >= 15 is 0 Å². The van der Waals surface area contributed by atoms with E-state index in [4.69, 9.17) is 4.74 Å². The highest BCUT2D eigenvalue weighted by Gasteiger charge is 2.26. The molecular weight excluding hydrogens is 403 g/mol. The molecule has 0 bridgehead atoms. The third-order valence-electron chi connectivity index (χ3n) is 4.63. The SMILES string of the molecule is CCCCNC(=NC)NCC(C(CC)CC)N1CCOCC1.I. The minimum Gasteiger partial charge on any atom is -0.379 e. The molecule has 1 aliphatic rings. The Morgan fingerprint density at radius 3 is 2.30 bits per heavy atom. The van der Waals surface area contributed by atoms with E-state index in [1.54, 1.807) is 0 Å². The molecule has 1 saturated heterocycles. The molecule has 1 atom stereocenters. The molecule has 1 heterocycles. The molecule has 6 heteroatoms. The molecule has 1 fully saturated rings. The third-order valence-corrected chi connectivity index (χ3v) is 4.63. The smallest absolute Gasteiger partial charge is 0.191 e. The van der Waals surface area contributed by atoms with Gasteiger partial charge in [0, 0.05) is 39.3 Å². The van der Waals surface area contributed by atoms with Crippen molar-refractivity contribution in [1.29, 1.82) is 0 Å². The Kier molecular flexibility index (Phi) is 14.2. The highest BCUT2D eigenvalue weighted by atomic mass is 127. The zero-order valence-electron chi connectivity index (χ0n) is 15.4. The first-order valence-electron chi connectivity index (χ1n) is 9.03. The van der Waals surface area contributed by atoms with Gasteiger partial charge in [-0.3, -0.25) is 9.89 Å². The topological polar surface area (TPSA) is 48.9 Å². The predicted octanol–water partition coefficient (Wildman–Crippen LogP) is 2.71. The van der Waals surface area contributed by atoms with Gasteiger partial charge in [-0.15, -0.1) is 24.0 Å². The lowest BCUT2D eigenvalue weighted by Crippen LogP contribution is -2.53. The molecule has 5 nitrogen and oxygen atoms in total. The van der Waals surface area contributed by atoms with Crippen LogP contribution in [0.4, 0.5) is 0 Å². The lowest BCUT2D eigenvalue weighted by molar-refractivity contribution is 0.00272. The summed E-state index contributed by atoms with van der Waals surface area (Å²) in [6.07, 6.45) is 4.83. The van der Waals surface area contributed by atoms with Crippen LogP contribution in [0, 0.1) is 5.92 Å². The summed E-state index contributed by atoms with van der Waals surface area (Å²) in [6.45, 7) is 12.6. The van der Waals surface area contributed by atoms with Crippen molar-refractivity contribution in [3.63, 3.8) is 0 Å². The first-order chi connectivity index (χ1) is 10.8. The van der Waals surface area contributed by atoms with E-state index in [0.717, 1.165) is 51.3 Å². The second-order valence-electron chi connectivity index (χ2n) is 6.03. The second kappa shape index (κ2) is 14.3. The van der Waals surface area contributed by atoms with Crippen molar-refractivity contribution >= 4 is 29.9 Å². The lowest BCUT2D eigenvalue weighted by atomic mass is 9.92. The van der Waals surface area contributed by atoms with Gasteiger partial charge in [-0.2, -0.15) is 0 Å². The van der Waals surface area contributed by atoms with Crippen LogP contribution in [-0.4, -0.2) is 63.3 Å². The van der Waals surface area contributed by atoms with E-state index in [9.17, 15) is 0 Å². The van der Waals surface area contributed by atoms with Crippen LogP contribution in [0.25, 0.3) is 0 Å². The first-order valence-corrected chi connectivity index (χ1v) is 9.03. The Labute approximate surface area is 160 Å². The van der Waals surface area contributed by atoms with Gasteiger partial charge in [-0.25, -0.2) is 0 Å². The Hall–Kier alpha value is -0.0800. The molecule has 0 amide bonds. The second-order valence-corrected chi connectivity index (χ2v) is 6.03. The summed E-state index contributed by atoms with van der Waals surface area (Å²) in [5.74, 6) is 1.65. The number of halogens is 1. The minimum absolute atomic E-state index is 0. The molecule has 0 aliphatic carbocycles. The average molecular weight is 440 g/mol. The molecule has 1 unspecified atom stereocenters. The number of aliphatic imine (C=N–C) groups is 1. The monoisotopic (exact) mass is 440 g/mol. The van der Waals surface area contributed by atoms with E-state index in [2.05, 4.69) is 41.3 Å². The van der Waals surface area contributed by atoms with Crippen LogP contribution >= 0.6 is 24.0 Å². The Balaban J connectivity index is 0.00000484. The fraction of sp³-hybridized carbons (Fsp3) is 0.941. The molecule has 1 aliphatic heterocycles. The van der Waals surface area contributed by atoms with Crippen LogP contribution in [0.1, 0.15) is 46.5 Å². The number of guanidine groups is 1. The van der Waals surface area contributed by atoms with Crippen LogP contribution in [0.3, 0.4) is 0 Å². The number of rotatable bonds is 9. The van der Waals surface area contributed by atoms with Crippen molar-refractivity contribution in [1.82, 2.24) is 15.5 Å². The van der Waals surface area contributed by atoms with E-state index < -0.39 is 0 Å². The van der Waals surface area contributed by atoms with Gasteiger partial charge in [0.25, 0.3) is 0 Å². The summed E-state index contributed by atoms with van der Waals surface area (Å²) in [5, 5.41) is 6.93. The van der Waals surface area contributed by atoms with Gasteiger partial charge in [-0.05, 0) is 12.3 Å². The molecule has 1 rings (SSSR count). The summed E-state index contributed by atoms with van der Waals surface area (Å²) in [5.41, 5.74) is 0. The van der Waals surface area contributed by atoms with Crippen LogP contribution in [0.15, 0.2) is 4.99 Å². The van der Waals surface area contributed by atoms with Gasteiger partial charge in [-0.1, -0.05) is 40.0 Å². The van der Waals surface area contributed by atoms with Crippen molar-refractivity contribution < 1.29 is 4.74 Å². The maximum Gasteiger partial charge on any atom is 0.191 e. The van der Waals surface area contributed by atoms with Gasteiger partial charge in [0.15, 0.2) is 5.96 Å². The number of hydrogen-bond acceptors (Lipinski definition) is 3. The quantitative estimate of drug-likeness (QED) is 0.251. The number of unbranched alkanes of at least 4 members (excludes halogenated alkanes) is 1. The Bertz CT molecular complexity index is 305. The Morgan fingerprint density at radius 2 is 1.78 bits per heavy atom. The highest BCUT2D eigenvalue weighted by molar-refractivity contribution is 14.0. The fourth-order valence-corrected chi connectivity index (χ4v) is 3.14. The maximum atomic E-state index is 5.51. The first kappa shape index (κ1) is 22.9. The van der Waals surface area contributed by atoms with E-state index in [1.807, 2.05) is 7.05 Å². The van der Waals surface area contributed by atoms with Crippen LogP contribution in [-0.2, 0) is 4.74 Å². The molecule has 0 aromatic rings. The van der Waals surface area contributed by atoms with E-state index in [0.29, 0.717) is 6.04 Å². The summed E-state index contributed by atoms with van der Waals surface area (Å²) in [6, 6.07) is 0.559. The summed E-state index contributed by atoms with van der Waals surface area (Å²) in [7, 11) is 1.85. The van der Waals surface area contributed by atoms with Crippen molar-refractivity contribution in [2.45, 2.75) is 52.5 Å². The molecule has 0 aromatic carbocycles. The third kappa shape index (κ3) is 8.54. The van der Waals surface area contributed by atoms with Crippen LogP contribution in [0.5, 0.6) is 0 Å². The fourth-order valence-electron chi connectivity index (χ4n) is 3.14. The summed E-state index contributed by atoms with van der Waals surface area (Å²) in [4.78, 5) is 6.93. The molecule has 2 N–H and O–H groups in total. The standard InChI is InChI=1S/C17H36N4O.HI/c1-5-8-9-19-17(18-4)20-14-16(15(6-2)7-3)21-10-12-22-13-11-21;/h15-16H,5-14H2,1-4H3,(H2,18,19,20);1H. The minimum atomic E-state index is 0. The van der Waals surface area contributed by atoms with Gasteiger partial charge in [0.2, 0.25) is 0 Å². The maximum absolute atomic E-state index is 5.51. The molecule has 138 valence electrons. The Morgan fingerprint density at radius 1 is 1.13 bits per heavy atom. The van der Waals surface area contributed by atoms with Gasteiger partial charge < -0.3 is 15.4 Å². The molecule has 23 heavy (non-hydrogen) atoms. The van der Waals surface area contributed by atoms with E-state index in [-0.39, 0.29) is 24.0 Å². The number of hydrogen-bond donors (Lipinski definition) is 2. The normalized spacial score (nSPS) is 17.7. The average Bonchev–Trinajstić information content (AvgIpc) is 2.57. The van der Waals surface area contributed by atoms with Gasteiger partial charge >= 0.3 is 0 Å². The molecule has 0 aromatic heterocycles. The predicted molar refractivity (Wildman–Crippen MR) is 110 cm³/mol. The lowest BCUT2D eigenvalue weighted by Gasteiger charge is -2.39. The highest BCUT2D eigenvalue weighted by Crippen LogP contribution is 2.19. The van der Waals surface area contributed by atoms with Gasteiger partial charge in [0.1, 0.15) is 0 Å². The van der Waals surface area contributed by atoms with Crippen molar-refractivity contribution in [3.8, 4) is 0 Å². The summed E-state index contributed by atoms with van der Waals surface area (Å²) >= 11 is 0. The molecular formula is C17H37IN4O.